The fraction of sp³-hybridized carbons (Fsp3) is 0.444. The van der Waals surface area contributed by atoms with Crippen molar-refractivity contribution >= 4 is 17.6 Å². The molecule has 1 aliphatic rings. The Morgan fingerprint density at radius 2 is 2.29 bits per heavy atom. The molecule has 1 aromatic heterocycles. The zero-order valence-electron chi connectivity index (χ0n) is 8.19. The molecule has 0 fully saturated rings. The maximum Gasteiger partial charge on any atom is 0.256 e. The van der Waals surface area contributed by atoms with Gasteiger partial charge in [0.2, 0.25) is 0 Å². The van der Waals surface area contributed by atoms with E-state index in [4.69, 9.17) is 5.73 Å². The molecule has 0 bridgehead atoms. The number of hydrogen-bond acceptors (Lipinski definition) is 4. The van der Waals surface area contributed by atoms with E-state index in [9.17, 15) is 4.79 Å². The quantitative estimate of drug-likeness (QED) is 0.722. The van der Waals surface area contributed by atoms with E-state index >= 15 is 0 Å². The number of aliphatic imine (C=N–C) groups is 1. The molecule has 1 aliphatic heterocycles. The summed E-state index contributed by atoms with van der Waals surface area (Å²) in [6.45, 7) is 4.06. The molecule has 0 spiro atoms. The molecule has 0 aromatic carbocycles. The highest BCUT2D eigenvalue weighted by molar-refractivity contribution is 6.04. The Labute approximate surface area is 81.6 Å². The number of nitrogens with two attached hydrogens (primary N) is 1. The first-order valence-electron chi connectivity index (χ1n) is 4.53. The number of fused-ring (bicyclic) bond motifs is 1. The van der Waals surface area contributed by atoms with Crippen LogP contribution in [-0.2, 0) is 0 Å². The number of amidine groups is 1. The van der Waals surface area contributed by atoms with Crippen LogP contribution in [0.5, 0.6) is 0 Å². The molecule has 5 heteroatoms. The minimum atomic E-state index is -0.112. The summed E-state index contributed by atoms with van der Waals surface area (Å²) in [4.78, 5) is 15.6. The van der Waals surface area contributed by atoms with Gasteiger partial charge in [0.25, 0.3) is 5.91 Å². The highest BCUT2D eigenvalue weighted by Crippen LogP contribution is 2.28. The van der Waals surface area contributed by atoms with E-state index in [0.717, 1.165) is 5.56 Å². The molecule has 0 unspecified atom stereocenters. The minimum Gasteiger partial charge on any atom is -0.387 e. The summed E-state index contributed by atoms with van der Waals surface area (Å²) in [5, 5.41) is 4.00. The second-order valence-electron chi connectivity index (χ2n) is 3.66. The lowest BCUT2D eigenvalue weighted by atomic mass is 10.1. The van der Waals surface area contributed by atoms with Gasteiger partial charge in [-0.3, -0.25) is 4.79 Å². The lowest BCUT2D eigenvalue weighted by Crippen LogP contribution is -2.26. The summed E-state index contributed by atoms with van der Waals surface area (Å²) in [6, 6.07) is 0. The average molecular weight is 192 g/mol. The van der Waals surface area contributed by atoms with Crippen LogP contribution in [0.3, 0.4) is 0 Å². The number of nitrogens with zero attached hydrogens (tertiary/aromatic N) is 3. The Bertz CT molecular complexity index is 416. The molecular formula is C9H12N4O. The topological polar surface area (TPSA) is 73.3 Å². The lowest BCUT2D eigenvalue weighted by Gasteiger charge is -2.11. The van der Waals surface area contributed by atoms with Crippen molar-refractivity contribution in [2.75, 3.05) is 0 Å². The van der Waals surface area contributed by atoms with Crippen LogP contribution in [0.25, 0.3) is 0 Å². The van der Waals surface area contributed by atoms with Crippen molar-refractivity contribution in [1.82, 2.24) is 9.78 Å². The Kier molecular flexibility index (Phi) is 1.87. The molecule has 0 aliphatic carbocycles. The molecule has 0 atom stereocenters. The fourth-order valence-electron chi connectivity index (χ4n) is 1.46. The summed E-state index contributed by atoms with van der Waals surface area (Å²) < 4.78 is 1.33. The van der Waals surface area contributed by atoms with Gasteiger partial charge in [-0.25, -0.2) is 4.99 Å². The number of carbonyl (C=O) groups is 1. The Morgan fingerprint density at radius 1 is 1.57 bits per heavy atom. The van der Waals surface area contributed by atoms with Gasteiger partial charge in [-0.15, -0.1) is 0 Å². The zero-order valence-corrected chi connectivity index (χ0v) is 8.19. The first-order valence-corrected chi connectivity index (χ1v) is 4.53. The SMILES string of the molecule is CC(C)c1cnn2c1N=C(N)CC2=O. The molecule has 0 saturated heterocycles. The van der Waals surface area contributed by atoms with Crippen molar-refractivity contribution in [3.63, 3.8) is 0 Å². The predicted molar refractivity (Wildman–Crippen MR) is 52.8 cm³/mol. The van der Waals surface area contributed by atoms with Gasteiger partial charge in [0.05, 0.1) is 12.6 Å². The largest absolute Gasteiger partial charge is 0.387 e. The predicted octanol–water partition coefficient (Wildman–Crippen LogP) is 1.04. The lowest BCUT2D eigenvalue weighted by molar-refractivity contribution is 0.0906. The van der Waals surface area contributed by atoms with Crippen molar-refractivity contribution in [2.45, 2.75) is 26.2 Å². The van der Waals surface area contributed by atoms with E-state index in [1.54, 1.807) is 6.20 Å². The maximum absolute atomic E-state index is 11.5. The van der Waals surface area contributed by atoms with Crippen molar-refractivity contribution in [3.05, 3.63) is 11.8 Å². The van der Waals surface area contributed by atoms with Crippen molar-refractivity contribution in [3.8, 4) is 0 Å². The fourth-order valence-corrected chi connectivity index (χ4v) is 1.46. The van der Waals surface area contributed by atoms with Crippen LogP contribution in [0.4, 0.5) is 5.82 Å². The molecule has 2 rings (SSSR count). The van der Waals surface area contributed by atoms with Gasteiger partial charge < -0.3 is 5.73 Å². The van der Waals surface area contributed by atoms with Crippen LogP contribution in [0.15, 0.2) is 11.2 Å². The Balaban J connectivity index is 2.58. The van der Waals surface area contributed by atoms with Gasteiger partial charge in [-0.2, -0.15) is 9.78 Å². The molecule has 0 amide bonds. The molecule has 2 N–H and O–H groups in total. The van der Waals surface area contributed by atoms with Crippen LogP contribution in [0, 0.1) is 0 Å². The smallest absolute Gasteiger partial charge is 0.256 e. The van der Waals surface area contributed by atoms with E-state index in [2.05, 4.69) is 10.1 Å². The van der Waals surface area contributed by atoms with Crippen molar-refractivity contribution < 1.29 is 4.79 Å². The molecule has 5 nitrogen and oxygen atoms in total. The van der Waals surface area contributed by atoms with Crippen LogP contribution in [-0.4, -0.2) is 21.5 Å². The van der Waals surface area contributed by atoms with Gasteiger partial charge in [-0.05, 0) is 5.92 Å². The summed E-state index contributed by atoms with van der Waals surface area (Å²) in [5.74, 6) is 1.14. The minimum absolute atomic E-state index is 0.112. The molecule has 2 heterocycles. The number of rotatable bonds is 1. The molecule has 1 aromatic rings. The van der Waals surface area contributed by atoms with Gasteiger partial charge in [-0.1, -0.05) is 13.8 Å². The van der Waals surface area contributed by atoms with Crippen LogP contribution < -0.4 is 5.73 Å². The molecule has 0 saturated carbocycles. The van der Waals surface area contributed by atoms with Crippen molar-refractivity contribution in [1.29, 1.82) is 0 Å². The van der Waals surface area contributed by atoms with Crippen LogP contribution >= 0.6 is 0 Å². The maximum atomic E-state index is 11.5. The number of hydrogen-bond donors (Lipinski definition) is 1. The molecule has 74 valence electrons. The monoisotopic (exact) mass is 192 g/mol. The van der Waals surface area contributed by atoms with Gasteiger partial charge in [0.15, 0.2) is 5.82 Å². The van der Waals surface area contributed by atoms with E-state index in [-0.39, 0.29) is 12.3 Å². The van der Waals surface area contributed by atoms with Gasteiger partial charge in [0.1, 0.15) is 5.84 Å². The second-order valence-corrected chi connectivity index (χ2v) is 3.66. The Hall–Kier alpha value is -1.65. The molecule has 14 heavy (non-hydrogen) atoms. The highest BCUT2D eigenvalue weighted by atomic mass is 16.2. The van der Waals surface area contributed by atoms with Gasteiger partial charge in [0, 0.05) is 5.56 Å². The summed E-state index contributed by atoms with van der Waals surface area (Å²) >= 11 is 0. The van der Waals surface area contributed by atoms with E-state index in [1.165, 1.54) is 4.68 Å². The first-order chi connectivity index (χ1) is 6.59. The normalized spacial score (nSPS) is 15.6. The summed E-state index contributed by atoms with van der Waals surface area (Å²) in [5.41, 5.74) is 6.52. The average Bonchev–Trinajstić information content (AvgIpc) is 2.47. The zero-order chi connectivity index (χ0) is 10.3. The molecule has 0 radical (unpaired) electrons. The van der Waals surface area contributed by atoms with Gasteiger partial charge >= 0.3 is 0 Å². The third-order valence-electron chi connectivity index (χ3n) is 2.21. The third-order valence-corrected chi connectivity index (χ3v) is 2.21. The number of aromatic nitrogens is 2. The van der Waals surface area contributed by atoms with Crippen LogP contribution in [0.1, 0.15) is 36.5 Å². The Morgan fingerprint density at radius 3 is 2.93 bits per heavy atom. The van der Waals surface area contributed by atoms with Crippen molar-refractivity contribution in [2.24, 2.45) is 10.7 Å². The van der Waals surface area contributed by atoms with E-state index < -0.39 is 0 Å². The first kappa shape index (κ1) is 8.93. The molecular weight excluding hydrogens is 180 g/mol. The standard InChI is InChI=1S/C9H12N4O/c1-5(2)6-4-11-13-8(14)3-7(10)12-9(6)13/h4-5H,3H2,1-2H3,(H2,10,12). The van der Waals surface area contributed by atoms with E-state index in [1.807, 2.05) is 13.8 Å². The summed E-state index contributed by atoms with van der Waals surface area (Å²) in [6.07, 6.45) is 1.84. The third kappa shape index (κ3) is 1.21. The number of carbonyl (C=O) groups excluding carboxylic acids is 1. The second kappa shape index (κ2) is 2.94. The van der Waals surface area contributed by atoms with E-state index in [0.29, 0.717) is 17.6 Å². The summed E-state index contributed by atoms with van der Waals surface area (Å²) in [7, 11) is 0. The highest BCUT2D eigenvalue weighted by Gasteiger charge is 2.22. The van der Waals surface area contributed by atoms with Crippen LogP contribution in [0.2, 0.25) is 0 Å².